The predicted molar refractivity (Wildman–Crippen MR) is 129 cm³/mol. The van der Waals surface area contributed by atoms with E-state index >= 15 is 0 Å². The molecule has 0 spiro atoms. The molecule has 0 saturated carbocycles. The molecule has 0 aliphatic rings. The molecule has 5 aromatic rings. The number of halogens is 1. The van der Waals surface area contributed by atoms with Crippen LogP contribution in [0.25, 0.3) is 27.0 Å². The second kappa shape index (κ2) is 7.51. The molecule has 5 rings (SSSR count). The van der Waals surface area contributed by atoms with Crippen LogP contribution in [0.15, 0.2) is 77.6 Å². The highest BCUT2D eigenvalue weighted by molar-refractivity contribution is 7.73. The highest BCUT2D eigenvalue weighted by Crippen LogP contribution is 2.34. The zero-order valence-electron chi connectivity index (χ0n) is 16.1. The van der Waals surface area contributed by atoms with E-state index in [4.69, 9.17) is 23.8 Å². The van der Waals surface area contributed by atoms with E-state index in [-0.39, 0.29) is 5.56 Å². The lowest BCUT2D eigenvalue weighted by molar-refractivity contribution is 0.780. The Morgan fingerprint density at radius 2 is 1.77 bits per heavy atom. The van der Waals surface area contributed by atoms with E-state index in [1.807, 2.05) is 57.5 Å². The molecule has 0 atom stereocenters. The molecule has 3 nitrogen and oxygen atoms in total. The van der Waals surface area contributed by atoms with Crippen molar-refractivity contribution in [2.45, 2.75) is 13.5 Å². The van der Waals surface area contributed by atoms with Crippen LogP contribution >= 0.6 is 35.2 Å². The number of hydrogen-bond donors (Lipinski definition) is 0. The minimum Gasteiger partial charge on any atom is -0.288 e. The molecule has 0 aliphatic heterocycles. The standard InChI is InChI=1S/C24H17ClN2OS2/c1-15-9-11-16(12-10-15)14-26-22-21(17-5-4-6-18(25)13-17)30-24(29)27(22)20-8-3-2-7-19(20)23(26)28/h2-13H,14H2,1H3. The van der Waals surface area contributed by atoms with Crippen molar-refractivity contribution in [1.29, 1.82) is 0 Å². The molecular formula is C24H17ClN2OS2. The van der Waals surface area contributed by atoms with Crippen LogP contribution in [-0.4, -0.2) is 8.97 Å². The van der Waals surface area contributed by atoms with Gasteiger partial charge in [0, 0.05) is 5.02 Å². The summed E-state index contributed by atoms with van der Waals surface area (Å²) in [5.74, 6) is 0. The largest absolute Gasteiger partial charge is 0.288 e. The van der Waals surface area contributed by atoms with E-state index in [1.54, 1.807) is 0 Å². The molecular weight excluding hydrogens is 432 g/mol. The number of aromatic nitrogens is 2. The van der Waals surface area contributed by atoms with E-state index < -0.39 is 0 Å². The van der Waals surface area contributed by atoms with Gasteiger partial charge in [0.2, 0.25) is 0 Å². The van der Waals surface area contributed by atoms with E-state index in [0.717, 1.165) is 27.2 Å². The van der Waals surface area contributed by atoms with Gasteiger partial charge in [-0.25, -0.2) is 0 Å². The van der Waals surface area contributed by atoms with E-state index in [0.29, 0.717) is 20.9 Å². The van der Waals surface area contributed by atoms with Crippen molar-refractivity contribution < 1.29 is 0 Å². The first kappa shape index (κ1) is 19.2. The molecule has 0 N–H and O–H groups in total. The van der Waals surface area contributed by atoms with Crippen molar-refractivity contribution in [1.82, 2.24) is 8.97 Å². The fraction of sp³-hybridized carbons (Fsp3) is 0.0833. The lowest BCUT2D eigenvalue weighted by atomic mass is 10.1. The normalized spacial score (nSPS) is 11.4. The Kier molecular flexibility index (Phi) is 4.82. The Labute approximate surface area is 187 Å². The van der Waals surface area contributed by atoms with Crippen LogP contribution < -0.4 is 5.56 Å². The average Bonchev–Trinajstić information content (AvgIpc) is 3.10. The number of hydrogen-bond acceptors (Lipinski definition) is 3. The Hall–Kier alpha value is -2.73. The summed E-state index contributed by atoms with van der Waals surface area (Å²) in [5, 5.41) is 1.31. The zero-order valence-corrected chi connectivity index (χ0v) is 18.5. The number of para-hydroxylation sites is 1. The van der Waals surface area contributed by atoms with E-state index in [1.165, 1.54) is 16.9 Å². The van der Waals surface area contributed by atoms with Gasteiger partial charge in [-0.1, -0.05) is 65.7 Å². The first-order valence-corrected chi connectivity index (χ1v) is 11.1. The van der Waals surface area contributed by atoms with Gasteiger partial charge in [-0.05, 0) is 54.5 Å². The number of thiazole rings is 1. The van der Waals surface area contributed by atoms with Crippen molar-refractivity contribution in [3.8, 4) is 10.4 Å². The van der Waals surface area contributed by atoms with Gasteiger partial charge in [0.15, 0.2) is 3.95 Å². The SMILES string of the molecule is Cc1ccc(Cn2c(=O)c3ccccc3n3c(=S)sc(-c4cccc(Cl)c4)c23)cc1. The summed E-state index contributed by atoms with van der Waals surface area (Å²) < 4.78 is 4.55. The van der Waals surface area contributed by atoms with Crippen LogP contribution in [0, 0.1) is 10.9 Å². The first-order chi connectivity index (χ1) is 14.5. The van der Waals surface area contributed by atoms with Crippen LogP contribution in [0.5, 0.6) is 0 Å². The summed E-state index contributed by atoms with van der Waals surface area (Å²) in [5.41, 5.74) is 4.81. The van der Waals surface area contributed by atoms with Crippen molar-refractivity contribution >= 4 is 51.7 Å². The quantitative estimate of drug-likeness (QED) is 0.286. The lowest BCUT2D eigenvalue weighted by Gasteiger charge is -2.14. The predicted octanol–water partition coefficient (Wildman–Crippen LogP) is 6.72. The van der Waals surface area contributed by atoms with Crippen molar-refractivity contribution in [3.05, 3.63) is 103 Å². The fourth-order valence-corrected chi connectivity index (χ4v) is 5.37. The third-order valence-corrected chi connectivity index (χ3v) is 6.86. The third kappa shape index (κ3) is 3.19. The molecule has 0 aliphatic carbocycles. The molecule has 0 saturated heterocycles. The third-order valence-electron chi connectivity index (χ3n) is 5.21. The topological polar surface area (TPSA) is 26.4 Å². The molecule has 30 heavy (non-hydrogen) atoms. The van der Waals surface area contributed by atoms with Crippen molar-refractivity contribution in [2.75, 3.05) is 0 Å². The monoisotopic (exact) mass is 448 g/mol. The molecule has 0 amide bonds. The van der Waals surface area contributed by atoms with Crippen LogP contribution in [0.2, 0.25) is 5.02 Å². The summed E-state index contributed by atoms with van der Waals surface area (Å²) >= 11 is 13.5. The highest BCUT2D eigenvalue weighted by Gasteiger charge is 2.18. The first-order valence-electron chi connectivity index (χ1n) is 9.51. The number of rotatable bonds is 3. The summed E-state index contributed by atoms with van der Waals surface area (Å²) in [6, 6.07) is 23.6. The zero-order chi connectivity index (χ0) is 20.8. The summed E-state index contributed by atoms with van der Waals surface area (Å²) in [6.45, 7) is 2.52. The number of aryl methyl sites for hydroxylation is 1. The van der Waals surface area contributed by atoms with Crippen molar-refractivity contribution in [3.63, 3.8) is 0 Å². The van der Waals surface area contributed by atoms with Crippen LogP contribution in [0.4, 0.5) is 0 Å². The Bertz CT molecular complexity index is 1530. The highest BCUT2D eigenvalue weighted by atomic mass is 35.5. The smallest absolute Gasteiger partial charge is 0.261 e. The van der Waals surface area contributed by atoms with Crippen molar-refractivity contribution in [2.24, 2.45) is 0 Å². The lowest BCUT2D eigenvalue weighted by Crippen LogP contribution is -2.23. The minimum atomic E-state index is -0.0257. The van der Waals surface area contributed by atoms with Crippen LogP contribution in [0.3, 0.4) is 0 Å². The number of nitrogens with zero attached hydrogens (tertiary/aromatic N) is 2. The molecule has 3 aromatic carbocycles. The molecule has 0 unspecified atom stereocenters. The van der Waals surface area contributed by atoms with Gasteiger partial charge in [0.25, 0.3) is 5.56 Å². The molecule has 0 radical (unpaired) electrons. The van der Waals surface area contributed by atoms with Crippen LogP contribution in [-0.2, 0) is 6.54 Å². The molecule has 0 bridgehead atoms. The summed E-state index contributed by atoms with van der Waals surface area (Å²) in [4.78, 5) is 14.5. The fourth-order valence-electron chi connectivity index (χ4n) is 3.75. The Balaban J connectivity index is 1.90. The van der Waals surface area contributed by atoms with Gasteiger partial charge < -0.3 is 0 Å². The van der Waals surface area contributed by atoms with Gasteiger partial charge >= 0.3 is 0 Å². The van der Waals surface area contributed by atoms with E-state index in [2.05, 4.69) is 31.2 Å². The van der Waals surface area contributed by atoms with Crippen LogP contribution in [0.1, 0.15) is 11.1 Å². The maximum Gasteiger partial charge on any atom is 0.261 e. The maximum absolute atomic E-state index is 13.6. The molecule has 2 aromatic heterocycles. The van der Waals surface area contributed by atoms with E-state index in [9.17, 15) is 4.79 Å². The summed E-state index contributed by atoms with van der Waals surface area (Å²) in [6.07, 6.45) is 0. The van der Waals surface area contributed by atoms with Gasteiger partial charge in [-0.15, -0.1) is 11.3 Å². The molecule has 6 heteroatoms. The summed E-state index contributed by atoms with van der Waals surface area (Å²) in [7, 11) is 0. The second-order valence-corrected chi connectivity index (χ2v) is 9.34. The molecule has 0 fully saturated rings. The number of fused-ring (bicyclic) bond motifs is 3. The molecule has 2 heterocycles. The van der Waals surface area contributed by atoms with Gasteiger partial charge in [0.05, 0.1) is 22.3 Å². The number of benzene rings is 3. The minimum absolute atomic E-state index is 0.0257. The Morgan fingerprint density at radius 3 is 2.53 bits per heavy atom. The molecule has 148 valence electrons. The van der Waals surface area contributed by atoms with Gasteiger partial charge in [-0.3, -0.25) is 13.8 Å². The second-order valence-electron chi connectivity index (χ2n) is 7.26. The Morgan fingerprint density at radius 1 is 1.00 bits per heavy atom. The van der Waals surface area contributed by atoms with Gasteiger partial charge in [0.1, 0.15) is 5.65 Å². The van der Waals surface area contributed by atoms with Gasteiger partial charge in [-0.2, -0.15) is 0 Å². The average molecular weight is 449 g/mol. The maximum atomic E-state index is 13.6.